The molecule has 2 N–H and O–H groups in total. The van der Waals surface area contributed by atoms with Crippen molar-refractivity contribution in [3.05, 3.63) is 22.4 Å². The molecule has 90 valence electrons. The molecular formula is C10H13N5O2. The van der Waals surface area contributed by atoms with Gasteiger partial charge < -0.3 is 10.1 Å². The van der Waals surface area contributed by atoms with E-state index < -0.39 is 0 Å². The summed E-state index contributed by atoms with van der Waals surface area (Å²) in [5.74, 6) is 1.34. The maximum absolute atomic E-state index is 11.4. The standard InChI is InChI=1S/C10H13N5O2/c1-6-11-8(12-7-2-3-17-5-7)4-9-13-14-10(16)15(6)9/h4,7,12H,2-3,5H2,1H3,(H,14,16). The van der Waals surface area contributed by atoms with Crippen LogP contribution in [0.1, 0.15) is 12.2 Å². The van der Waals surface area contributed by atoms with Crippen molar-refractivity contribution in [2.75, 3.05) is 18.5 Å². The first-order valence-corrected chi connectivity index (χ1v) is 5.53. The Labute approximate surface area is 96.8 Å². The van der Waals surface area contributed by atoms with Crippen molar-refractivity contribution in [3.8, 4) is 0 Å². The van der Waals surface area contributed by atoms with Crippen LogP contribution < -0.4 is 11.0 Å². The van der Waals surface area contributed by atoms with Gasteiger partial charge in [-0.1, -0.05) is 0 Å². The van der Waals surface area contributed by atoms with Crippen LogP contribution in [-0.4, -0.2) is 38.8 Å². The molecule has 17 heavy (non-hydrogen) atoms. The van der Waals surface area contributed by atoms with Crippen LogP contribution in [0.15, 0.2) is 10.9 Å². The Hall–Kier alpha value is -1.89. The Morgan fingerprint density at radius 2 is 2.53 bits per heavy atom. The zero-order valence-electron chi connectivity index (χ0n) is 9.43. The third-order valence-electron chi connectivity index (χ3n) is 2.85. The zero-order valence-corrected chi connectivity index (χ0v) is 9.43. The van der Waals surface area contributed by atoms with Crippen molar-refractivity contribution in [1.82, 2.24) is 19.6 Å². The highest BCUT2D eigenvalue weighted by atomic mass is 16.5. The summed E-state index contributed by atoms with van der Waals surface area (Å²) >= 11 is 0. The molecule has 1 unspecified atom stereocenters. The summed E-state index contributed by atoms with van der Waals surface area (Å²) in [6.45, 7) is 3.25. The molecule has 1 aliphatic heterocycles. The van der Waals surface area contributed by atoms with E-state index in [2.05, 4.69) is 20.5 Å². The van der Waals surface area contributed by atoms with Gasteiger partial charge in [-0.05, 0) is 13.3 Å². The highest BCUT2D eigenvalue weighted by Gasteiger charge is 2.16. The van der Waals surface area contributed by atoms with E-state index in [0.29, 0.717) is 18.1 Å². The van der Waals surface area contributed by atoms with Gasteiger partial charge in [0.2, 0.25) is 0 Å². The highest BCUT2D eigenvalue weighted by molar-refractivity contribution is 5.50. The fourth-order valence-electron chi connectivity index (χ4n) is 2.03. The SMILES string of the molecule is Cc1nc(NC2CCOC2)cc2n[nH]c(=O)n12. The Balaban J connectivity index is 1.97. The molecule has 1 fully saturated rings. The minimum Gasteiger partial charge on any atom is -0.379 e. The largest absolute Gasteiger partial charge is 0.379 e. The number of fused-ring (bicyclic) bond motifs is 1. The predicted octanol–water partition coefficient (Wildman–Crippen LogP) is -0.0732. The van der Waals surface area contributed by atoms with Crippen molar-refractivity contribution in [2.45, 2.75) is 19.4 Å². The lowest BCUT2D eigenvalue weighted by Gasteiger charge is -2.11. The van der Waals surface area contributed by atoms with Crippen LogP contribution in [0.3, 0.4) is 0 Å². The van der Waals surface area contributed by atoms with Crippen molar-refractivity contribution in [3.63, 3.8) is 0 Å². The first kappa shape index (κ1) is 10.3. The Morgan fingerprint density at radius 3 is 3.29 bits per heavy atom. The number of anilines is 1. The molecule has 0 amide bonds. The lowest BCUT2D eigenvalue weighted by Crippen LogP contribution is -2.21. The van der Waals surface area contributed by atoms with Gasteiger partial charge in [-0.25, -0.2) is 19.3 Å². The van der Waals surface area contributed by atoms with Crippen LogP contribution in [-0.2, 0) is 4.74 Å². The minimum atomic E-state index is -0.263. The van der Waals surface area contributed by atoms with Crippen LogP contribution in [0.2, 0.25) is 0 Å². The topological polar surface area (TPSA) is 84.3 Å². The summed E-state index contributed by atoms with van der Waals surface area (Å²) in [6, 6.07) is 2.04. The van der Waals surface area contributed by atoms with Gasteiger partial charge in [-0.2, -0.15) is 5.10 Å². The highest BCUT2D eigenvalue weighted by Crippen LogP contribution is 2.13. The maximum Gasteiger partial charge on any atom is 0.349 e. The fraction of sp³-hybridized carbons (Fsp3) is 0.500. The van der Waals surface area contributed by atoms with E-state index in [1.165, 1.54) is 4.40 Å². The van der Waals surface area contributed by atoms with Gasteiger partial charge in [-0.3, -0.25) is 0 Å². The predicted molar refractivity (Wildman–Crippen MR) is 61.2 cm³/mol. The molecule has 0 aromatic carbocycles. The monoisotopic (exact) mass is 235 g/mol. The van der Waals surface area contributed by atoms with E-state index >= 15 is 0 Å². The average Bonchev–Trinajstić information content (AvgIpc) is 2.89. The fourth-order valence-corrected chi connectivity index (χ4v) is 2.03. The molecule has 7 nitrogen and oxygen atoms in total. The van der Waals surface area contributed by atoms with Crippen LogP contribution in [0.5, 0.6) is 0 Å². The van der Waals surface area contributed by atoms with E-state index in [0.717, 1.165) is 18.8 Å². The number of ether oxygens (including phenoxy) is 1. The van der Waals surface area contributed by atoms with Crippen molar-refractivity contribution >= 4 is 11.5 Å². The molecular weight excluding hydrogens is 222 g/mol. The minimum absolute atomic E-state index is 0.263. The molecule has 0 aliphatic carbocycles. The molecule has 1 saturated heterocycles. The number of H-pyrrole nitrogens is 1. The first-order chi connectivity index (χ1) is 8.24. The lowest BCUT2D eigenvalue weighted by molar-refractivity contribution is 0.195. The summed E-state index contributed by atoms with van der Waals surface area (Å²) in [5.41, 5.74) is 0.310. The number of hydrogen-bond acceptors (Lipinski definition) is 5. The molecule has 3 heterocycles. The van der Waals surface area contributed by atoms with E-state index in [9.17, 15) is 4.79 Å². The number of rotatable bonds is 2. The molecule has 0 radical (unpaired) electrons. The van der Waals surface area contributed by atoms with Crippen LogP contribution >= 0.6 is 0 Å². The maximum atomic E-state index is 11.4. The Kier molecular flexibility index (Phi) is 2.32. The molecule has 0 spiro atoms. The van der Waals surface area contributed by atoms with Crippen molar-refractivity contribution in [2.24, 2.45) is 0 Å². The van der Waals surface area contributed by atoms with E-state index in [1.807, 2.05) is 0 Å². The lowest BCUT2D eigenvalue weighted by atomic mass is 10.2. The summed E-state index contributed by atoms with van der Waals surface area (Å²) < 4.78 is 6.72. The summed E-state index contributed by atoms with van der Waals surface area (Å²) in [6.07, 6.45) is 0.972. The summed E-state index contributed by atoms with van der Waals surface area (Å²) in [5, 5.41) is 9.61. The second kappa shape index (κ2) is 3.85. The van der Waals surface area contributed by atoms with Gasteiger partial charge >= 0.3 is 5.69 Å². The van der Waals surface area contributed by atoms with E-state index in [-0.39, 0.29) is 11.7 Å². The molecule has 2 aromatic rings. The molecule has 2 aromatic heterocycles. The molecule has 7 heteroatoms. The van der Waals surface area contributed by atoms with E-state index in [1.54, 1.807) is 13.0 Å². The van der Waals surface area contributed by atoms with E-state index in [4.69, 9.17) is 4.74 Å². The number of aryl methyl sites for hydroxylation is 1. The smallest absolute Gasteiger partial charge is 0.349 e. The van der Waals surface area contributed by atoms with Crippen LogP contribution in [0, 0.1) is 6.92 Å². The molecule has 0 saturated carbocycles. The number of nitrogens with one attached hydrogen (secondary N) is 2. The van der Waals surface area contributed by atoms with Gasteiger partial charge in [0.1, 0.15) is 11.6 Å². The van der Waals surface area contributed by atoms with Gasteiger partial charge in [0.15, 0.2) is 5.65 Å². The van der Waals surface area contributed by atoms with Crippen molar-refractivity contribution < 1.29 is 4.74 Å². The van der Waals surface area contributed by atoms with Crippen molar-refractivity contribution in [1.29, 1.82) is 0 Å². The number of hydrogen-bond donors (Lipinski definition) is 2. The Morgan fingerprint density at radius 1 is 1.65 bits per heavy atom. The third-order valence-corrected chi connectivity index (χ3v) is 2.85. The summed E-state index contributed by atoms with van der Waals surface area (Å²) in [4.78, 5) is 15.8. The molecule has 1 aliphatic rings. The summed E-state index contributed by atoms with van der Waals surface area (Å²) in [7, 11) is 0. The van der Waals surface area contributed by atoms with Gasteiger partial charge in [-0.15, -0.1) is 0 Å². The Bertz CT molecular complexity index is 596. The number of aromatic amines is 1. The second-order valence-corrected chi connectivity index (χ2v) is 4.12. The quantitative estimate of drug-likeness (QED) is 0.761. The average molecular weight is 235 g/mol. The molecule has 3 rings (SSSR count). The van der Waals surface area contributed by atoms with Crippen LogP contribution in [0.4, 0.5) is 5.82 Å². The van der Waals surface area contributed by atoms with Gasteiger partial charge in [0.25, 0.3) is 0 Å². The first-order valence-electron chi connectivity index (χ1n) is 5.53. The van der Waals surface area contributed by atoms with Gasteiger partial charge in [0, 0.05) is 12.7 Å². The number of aromatic nitrogens is 4. The zero-order chi connectivity index (χ0) is 11.8. The third kappa shape index (κ3) is 1.78. The van der Waals surface area contributed by atoms with Gasteiger partial charge in [0.05, 0.1) is 12.6 Å². The normalized spacial score (nSPS) is 19.9. The van der Waals surface area contributed by atoms with Crippen LogP contribution in [0.25, 0.3) is 5.65 Å². The number of nitrogens with zero attached hydrogens (tertiary/aromatic N) is 3. The molecule has 1 atom stereocenters. The molecule has 0 bridgehead atoms. The second-order valence-electron chi connectivity index (χ2n) is 4.12.